The van der Waals surface area contributed by atoms with Crippen molar-refractivity contribution in [2.24, 2.45) is 5.73 Å². The van der Waals surface area contributed by atoms with Crippen LogP contribution < -0.4 is 5.73 Å². The number of nitrogens with two attached hydrogens (primary N) is 1. The summed E-state index contributed by atoms with van der Waals surface area (Å²) in [6, 6.07) is 4.91. The third kappa shape index (κ3) is 3.90. The van der Waals surface area contributed by atoms with E-state index in [-0.39, 0.29) is 36.7 Å². The molecule has 0 saturated carbocycles. The third-order valence-electron chi connectivity index (χ3n) is 4.04. The summed E-state index contributed by atoms with van der Waals surface area (Å²) < 4.78 is 18.5. The van der Waals surface area contributed by atoms with E-state index in [9.17, 15) is 4.39 Å². The highest BCUT2D eigenvalue weighted by atomic mass is 35.5. The van der Waals surface area contributed by atoms with Gasteiger partial charge in [-0.3, -0.25) is 4.90 Å². The minimum atomic E-state index is -0.288. The second-order valence-electron chi connectivity index (χ2n) is 5.40. The van der Waals surface area contributed by atoms with Crippen molar-refractivity contribution in [2.45, 2.75) is 31.7 Å². The molecule has 1 aromatic carbocycles. The van der Waals surface area contributed by atoms with Gasteiger partial charge in [-0.05, 0) is 44.5 Å². The summed E-state index contributed by atoms with van der Waals surface area (Å²) in [7, 11) is 0. The fourth-order valence-electron chi connectivity index (χ4n) is 3.03. The zero-order valence-electron chi connectivity index (χ0n) is 12.3. The Morgan fingerprint density at radius 1 is 1.32 bits per heavy atom. The summed E-state index contributed by atoms with van der Waals surface area (Å²) in [5, 5.41) is 5.13. The number of nitrogens with zero attached hydrogens (tertiary/aromatic N) is 2. The van der Waals surface area contributed by atoms with Crippen LogP contribution in [0.1, 0.15) is 37.4 Å². The maximum Gasteiger partial charge on any atom is 0.170 e. The zero-order valence-corrected chi connectivity index (χ0v) is 14.0. The molecule has 124 valence electrons. The van der Waals surface area contributed by atoms with Crippen molar-refractivity contribution in [3.63, 3.8) is 0 Å². The molecule has 0 amide bonds. The minimum Gasteiger partial charge on any atom is -0.356 e. The smallest absolute Gasteiger partial charge is 0.170 e. The van der Waals surface area contributed by atoms with E-state index in [2.05, 4.69) is 10.1 Å². The first-order valence-electron chi connectivity index (χ1n) is 7.28. The average molecular weight is 350 g/mol. The summed E-state index contributed by atoms with van der Waals surface area (Å²) in [6.45, 7) is 2.75. The largest absolute Gasteiger partial charge is 0.356 e. The number of aromatic nitrogens is 1. The molecule has 2 heterocycles. The van der Waals surface area contributed by atoms with Gasteiger partial charge in [-0.25, -0.2) is 4.39 Å². The lowest BCUT2D eigenvalue weighted by molar-refractivity contribution is 0.142. The molecule has 3 rings (SSSR count). The second kappa shape index (κ2) is 8.67. The monoisotopic (exact) mass is 349 g/mol. The molecule has 0 aliphatic carbocycles. The molecule has 1 aliphatic heterocycles. The van der Waals surface area contributed by atoms with Crippen molar-refractivity contribution < 1.29 is 8.91 Å². The number of hydrogen-bond acceptors (Lipinski definition) is 4. The maximum absolute atomic E-state index is 13.2. The summed E-state index contributed by atoms with van der Waals surface area (Å²) in [5.74, 6) is -0.288. The Labute approximate surface area is 142 Å². The molecule has 0 bridgehead atoms. The van der Waals surface area contributed by atoms with Gasteiger partial charge in [0.15, 0.2) is 5.58 Å². The number of rotatable bonds is 4. The Bertz CT molecular complexity index is 593. The number of fused-ring (bicyclic) bond motifs is 1. The van der Waals surface area contributed by atoms with Gasteiger partial charge in [0.05, 0.1) is 6.04 Å². The van der Waals surface area contributed by atoms with Gasteiger partial charge in [0, 0.05) is 18.0 Å². The number of likely N-dealkylation sites (tertiary alicyclic amines) is 1. The van der Waals surface area contributed by atoms with Crippen LogP contribution in [0.4, 0.5) is 4.39 Å². The van der Waals surface area contributed by atoms with Gasteiger partial charge in [-0.1, -0.05) is 11.6 Å². The molecule has 7 heteroatoms. The van der Waals surface area contributed by atoms with E-state index in [1.54, 1.807) is 6.07 Å². The highest BCUT2D eigenvalue weighted by molar-refractivity contribution is 5.85. The normalized spacial score (nSPS) is 18.7. The van der Waals surface area contributed by atoms with Gasteiger partial charge in [0.25, 0.3) is 0 Å². The van der Waals surface area contributed by atoms with Crippen molar-refractivity contribution in [1.82, 2.24) is 10.1 Å². The quantitative estimate of drug-likeness (QED) is 0.914. The Balaban J connectivity index is 0.00000121. The molecule has 1 saturated heterocycles. The predicted octanol–water partition coefficient (Wildman–Crippen LogP) is 3.69. The molecule has 2 aromatic rings. The number of halogens is 3. The molecule has 0 radical (unpaired) electrons. The highest BCUT2D eigenvalue weighted by Gasteiger charge is 2.27. The van der Waals surface area contributed by atoms with Crippen molar-refractivity contribution in [3.8, 4) is 0 Å². The third-order valence-corrected chi connectivity index (χ3v) is 4.04. The summed E-state index contributed by atoms with van der Waals surface area (Å²) in [5.41, 5.74) is 7.09. The van der Waals surface area contributed by atoms with Crippen molar-refractivity contribution in [1.29, 1.82) is 0 Å². The first-order valence-corrected chi connectivity index (χ1v) is 7.28. The standard InChI is InChI=1S/C15H20FN3O.2ClH/c16-11-5-6-12-14(10-11)20-18-15(12)13-4-1-2-8-19(13)9-3-7-17;;/h5-6,10,13H,1-4,7-9,17H2;2*1H. The van der Waals surface area contributed by atoms with Crippen LogP contribution in [0.2, 0.25) is 0 Å². The van der Waals surface area contributed by atoms with Gasteiger partial charge in [-0.2, -0.15) is 0 Å². The molecule has 4 nitrogen and oxygen atoms in total. The topological polar surface area (TPSA) is 55.3 Å². The molecular formula is C15H22Cl2FN3O. The van der Waals surface area contributed by atoms with Crippen molar-refractivity contribution >= 4 is 35.8 Å². The average Bonchev–Trinajstić information content (AvgIpc) is 2.88. The highest BCUT2D eigenvalue weighted by Crippen LogP contribution is 2.34. The molecule has 1 unspecified atom stereocenters. The molecule has 1 aliphatic rings. The van der Waals surface area contributed by atoms with Crippen LogP contribution in [-0.2, 0) is 0 Å². The van der Waals surface area contributed by atoms with Crippen LogP contribution in [0.3, 0.4) is 0 Å². The first-order chi connectivity index (χ1) is 9.79. The van der Waals surface area contributed by atoms with Gasteiger partial charge in [-0.15, -0.1) is 24.8 Å². The van der Waals surface area contributed by atoms with E-state index in [0.29, 0.717) is 12.1 Å². The summed E-state index contributed by atoms with van der Waals surface area (Å²) in [4.78, 5) is 2.43. The number of benzene rings is 1. The molecule has 22 heavy (non-hydrogen) atoms. The van der Waals surface area contributed by atoms with Crippen LogP contribution in [0.15, 0.2) is 22.7 Å². The van der Waals surface area contributed by atoms with Crippen LogP contribution in [0.5, 0.6) is 0 Å². The first kappa shape index (κ1) is 19.2. The number of piperidine rings is 1. The summed E-state index contributed by atoms with van der Waals surface area (Å²) >= 11 is 0. The fourth-order valence-corrected chi connectivity index (χ4v) is 3.03. The Hall–Kier alpha value is -0.880. The molecule has 1 aromatic heterocycles. The number of hydrogen-bond donors (Lipinski definition) is 1. The van der Waals surface area contributed by atoms with E-state index >= 15 is 0 Å². The zero-order chi connectivity index (χ0) is 13.9. The van der Waals surface area contributed by atoms with E-state index in [0.717, 1.165) is 37.0 Å². The van der Waals surface area contributed by atoms with E-state index < -0.39 is 0 Å². The predicted molar refractivity (Wildman–Crippen MR) is 90.3 cm³/mol. The summed E-state index contributed by atoms with van der Waals surface area (Å²) in [6.07, 6.45) is 4.47. The van der Waals surface area contributed by atoms with Crippen molar-refractivity contribution in [2.75, 3.05) is 19.6 Å². The lowest BCUT2D eigenvalue weighted by Crippen LogP contribution is -2.35. The SMILES string of the molecule is Cl.Cl.NCCCN1CCCCC1c1noc2cc(F)ccc12. The Morgan fingerprint density at radius 3 is 2.91 bits per heavy atom. The van der Waals surface area contributed by atoms with Crippen LogP contribution in [-0.4, -0.2) is 29.7 Å². The lowest BCUT2D eigenvalue weighted by atomic mass is 9.97. The van der Waals surface area contributed by atoms with E-state index in [4.69, 9.17) is 10.3 Å². The molecule has 1 atom stereocenters. The Kier molecular flexibility index (Phi) is 7.56. The van der Waals surface area contributed by atoms with E-state index in [1.165, 1.54) is 25.0 Å². The Morgan fingerprint density at radius 2 is 2.14 bits per heavy atom. The molecule has 2 N–H and O–H groups in total. The van der Waals surface area contributed by atoms with Gasteiger partial charge in [0.1, 0.15) is 11.5 Å². The van der Waals surface area contributed by atoms with Gasteiger partial charge >= 0.3 is 0 Å². The maximum atomic E-state index is 13.2. The van der Waals surface area contributed by atoms with Crippen molar-refractivity contribution in [3.05, 3.63) is 29.7 Å². The second-order valence-corrected chi connectivity index (χ2v) is 5.40. The van der Waals surface area contributed by atoms with E-state index in [1.807, 2.05) is 0 Å². The fraction of sp³-hybridized carbons (Fsp3) is 0.533. The molecular weight excluding hydrogens is 328 g/mol. The van der Waals surface area contributed by atoms with Crippen LogP contribution >= 0.6 is 24.8 Å². The lowest BCUT2D eigenvalue weighted by Gasteiger charge is -2.34. The molecule has 0 spiro atoms. The van der Waals surface area contributed by atoms with Gasteiger partial charge < -0.3 is 10.3 Å². The minimum absolute atomic E-state index is 0. The van der Waals surface area contributed by atoms with Crippen LogP contribution in [0.25, 0.3) is 11.0 Å². The molecule has 1 fully saturated rings. The van der Waals surface area contributed by atoms with Gasteiger partial charge in [0.2, 0.25) is 0 Å². The van der Waals surface area contributed by atoms with Crippen LogP contribution in [0, 0.1) is 5.82 Å².